The van der Waals surface area contributed by atoms with Crippen LogP contribution in [0, 0.1) is 6.92 Å². The second-order valence-corrected chi connectivity index (χ2v) is 4.62. The maximum absolute atomic E-state index is 4.54. The molecule has 2 heteroatoms. The first kappa shape index (κ1) is 11.0. The Morgan fingerprint density at radius 3 is 2.72 bits per heavy atom. The Labute approximate surface area is 107 Å². The van der Waals surface area contributed by atoms with E-state index >= 15 is 0 Å². The van der Waals surface area contributed by atoms with E-state index in [0.717, 1.165) is 23.3 Å². The number of aryl methyl sites for hydroxylation is 2. The van der Waals surface area contributed by atoms with Crippen molar-refractivity contribution in [1.29, 1.82) is 0 Å². The molecular weight excluding hydrogens is 220 g/mol. The molecule has 90 valence electrons. The van der Waals surface area contributed by atoms with E-state index in [1.54, 1.807) is 0 Å². The van der Waals surface area contributed by atoms with Crippen molar-refractivity contribution >= 4 is 10.9 Å². The van der Waals surface area contributed by atoms with Gasteiger partial charge in [-0.25, -0.2) is 0 Å². The van der Waals surface area contributed by atoms with Crippen LogP contribution in [0.15, 0.2) is 42.6 Å². The van der Waals surface area contributed by atoms with Gasteiger partial charge >= 0.3 is 0 Å². The van der Waals surface area contributed by atoms with E-state index in [-0.39, 0.29) is 0 Å². The molecule has 18 heavy (non-hydrogen) atoms. The molecule has 0 fully saturated rings. The van der Waals surface area contributed by atoms with Gasteiger partial charge in [-0.15, -0.1) is 0 Å². The molecule has 2 nitrogen and oxygen atoms in total. The molecule has 3 rings (SSSR count). The maximum Gasteiger partial charge on any atom is 0.0867 e. The molecule has 0 radical (unpaired) electrons. The fourth-order valence-corrected chi connectivity index (χ4v) is 2.31. The highest BCUT2D eigenvalue weighted by molar-refractivity contribution is 5.85. The summed E-state index contributed by atoms with van der Waals surface area (Å²) in [5.74, 6) is 0. The van der Waals surface area contributed by atoms with Gasteiger partial charge in [0.1, 0.15) is 0 Å². The Morgan fingerprint density at radius 1 is 1.17 bits per heavy atom. The SMILES string of the molecule is CCc1cnc(-c2cc3ccccc3[nH]2)cc1C. The van der Waals surface area contributed by atoms with Crippen molar-refractivity contribution in [3.63, 3.8) is 0 Å². The molecule has 0 spiro atoms. The number of hydrogen-bond donors (Lipinski definition) is 1. The highest BCUT2D eigenvalue weighted by atomic mass is 14.8. The van der Waals surface area contributed by atoms with Gasteiger partial charge in [-0.3, -0.25) is 4.98 Å². The van der Waals surface area contributed by atoms with Crippen molar-refractivity contribution in [2.45, 2.75) is 20.3 Å². The minimum atomic E-state index is 1.01. The average Bonchev–Trinajstić information content (AvgIpc) is 2.82. The summed E-state index contributed by atoms with van der Waals surface area (Å²) in [6.45, 7) is 4.30. The first-order valence-electron chi connectivity index (χ1n) is 6.31. The van der Waals surface area contributed by atoms with Gasteiger partial charge < -0.3 is 4.98 Å². The number of hydrogen-bond acceptors (Lipinski definition) is 1. The zero-order valence-corrected chi connectivity index (χ0v) is 10.7. The molecule has 0 atom stereocenters. The van der Waals surface area contributed by atoms with E-state index in [0.29, 0.717) is 0 Å². The van der Waals surface area contributed by atoms with Crippen molar-refractivity contribution in [3.05, 3.63) is 53.7 Å². The van der Waals surface area contributed by atoms with Crippen LogP contribution in [0.5, 0.6) is 0 Å². The number of H-pyrrole nitrogens is 1. The molecule has 3 aromatic rings. The van der Waals surface area contributed by atoms with E-state index in [9.17, 15) is 0 Å². The summed E-state index contributed by atoms with van der Waals surface area (Å²) in [6.07, 6.45) is 3.02. The van der Waals surface area contributed by atoms with Crippen molar-refractivity contribution < 1.29 is 0 Å². The van der Waals surface area contributed by atoms with Gasteiger partial charge in [-0.2, -0.15) is 0 Å². The van der Waals surface area contributed by atoms with E-state index in [1.165, 1.54) is 16.5 Å². The van der Waals surface area contributed by atoms with Gasteiger partial charge in [0, 0.05) is 17.1 Å². The fraction of sp³-hybridized carbons (Fsp3) is 0.188. The minimum Gasteiger partial charge on any atom is -0.353 e. The van der Waals surface area contributed by atoms with Crippen molar-refractivity contribution in [1.82, 2.24) is 9.97 Å². The standard InChI is InChI=1S/C16H16N2/c1-3-12-10-17-15(8-11(12)2)16-9-13-6-4-5-7-14(13)18-16/h4-10,18H,3H2,1-2H3. The monoisotopic (exact) mass is 236 g/mol. The second kappa shape index (κ2) is 4.30. The quantitative estimate of drug-likeness (QED) is 0.713. The van der Waals surface area contributed by atoms with Crippen LogP contribution in [0.3, 0.4) is 0 Å². The largest absolute Gasteiger partial charge is 0.353 e. The summed E-state index contributed by atoms with van der Waals surface area (Å²) in [7, 11) is 0. The number of benzene rings is 1. The molecule has 2 aromatic heterocycles. The van der Waals surface area contributed by atoms with Gasteiger partial charge in [0.2, 0.25) is 0 Å². The van der Waals surface area contributed by atoms with Crippen LogP contribution in [0.25, 0.3) is 22.3 Å². The summed E-state index contributed by atoms with van der Waals surface area (Å²) in [5.41, 5.74) is 5.88. The highest BCUT2D eigenvalue weighted by Gasteiger charge is 2.05. The number of nitrogens with one attached hydrogen (secondary N) is 1. The Bertz CT molecular complexity index is 662. The molecule has 0 amide bonds. The summed E-state index contributed by atoms with van der Waals surface area (Å²) in [5, 5.41) is 1.23. The number of aromatic amines is 1. The lowest BCUT2D eigenvalue weighted by atomic mass is 10.1. The number of rotatable bonds is 2. The van der Waals surface area contributed by atoms with Crippen LogP contribution in [0.1, 0.15) is 18.1 Å². The molecule has 0 saturated carbocycles. The molecule has 0 saturated heterocycles. The van der Waals surface area contributed by atoms with Crippen LogP contribution < -0.4 is 0 Å². The number of aromatic nitrogens is 2. The topological polar surface area (TPSA) is 28.7 Å². The normalized spacial score (nSPS) is 11.0. The van der Waals surface area contributed by atoms with Crippen molar-refractivity contribution in [3.8, 4) is 11.4 Å². The van der Waals surface area contributed by atoms with Crippen molar-refractivity contribution in [2.24, 2.45) is 0 Å². The molecule has 1 N–H and O–H groups in total. The zero-order chi connectivity index (χ0) is 12.5. The third-order valence-corrected chi connectivity index (χ3v) is 3.41. The lowest BCUT2D eigenvalue weighted by Crippen LogP contribution is -1.91. The van der Waals surface area contributed by atoms with Crippen LogP contribution in [0.2, 0.25) is 0 Å². The highest BCUT2D eigenvalue weighted by Crippen LogP contribution is 2.23. The predicted molar refractivity (Wildman–Crippen MR) is 75.6 cm³/mol. The van der Waals surface area contributed by atoms with Gasteiger partial charge in [0.25, 0.3) is 0 Å². The summed E-state index contributed by atoms with van der Waals surface area (Å²) in [4.78, 5) is 7.96. The summed E-state index contributed by atoms with van der Waals surface area (Å²) < 4.78 is 0. The van der Waals surface area contributed by atoms with Gasteiger partial charge in [-0.05, 0) is 42.7 Å². The van der Waals surface area contributed by atoms with Crippen LogP contribution >= 0.6 is 0 Å². The first-order valence-corrected chi connectivity index (χ1v) is 6.31. The number of nitrogens with zero attached hydrogens (tertiary/aromatic N) is 1. The molecule has 0 unspecified atom stereocenters. The van der Waals surface area contributed by atoms with Gasteiger partial charge in [-0.1, -0.05) is 25.1 Å². The molecular formula is C16H16N2. The Balaban J connectivity index is 2.11. The second-order valence-electron chi connectivity index (χ2n) is 4.62. The molecule has 0 aliphatic heterocycles. The van der Waals surface area contributed by atoms with Crippen LogP contribution in [-0.2, 0) is 6.42 Å². The molecule has 2 heterocycles. The van der Waals surface area contributed by atoms with Gasteiger partial charge in [0.15, 0.2) is 0 Å². The number of fused-ring (bicyclic) bond motifs is 1. The van der Waals surface area contributed by atoms with E-state index in [1.807, 2.05) is 12.3 Å². The van der Waals surface area contributed by atoms with E-state index < -0.39 is 0 Å². The first-order chi connectivity index (χ1) is 8.78. The summed E-state index contributed by atoms with van der Waals surface area (Å²) in [6, 6.07) is 12.6. The average molecular weight is 236 g/mol. The number of pyridine rings is 1. The summed E-state index contributed by atoms with van der Waals surface area (Å²) >= 11 is 0. The lowest BCUT2D eigenvalue weighted by molar-refractivity contribution is 1.07. The van der Waals surface area contributed by atoms with Crippen molar-refractivity contribution in [2.75, 3.05) is 0 Å². The van der Waals surface area contributed by atoms with Gasteiger partial charge in [0.05, 0.1) is 11.4 Å². The van der Waals surface area contributed by atoms with E-state index in [2.05, 4.69) is 54.1 Å². The minimum absolute atomic E-state index is 1.01. The Hall–Kier alpha value is -2.09. The molecule has 0 aliphatic carbocycles. The molecule has 0 aliphatic rings. The molecule has 1 aromatic carbocycles. The van der Waals surface area contributed by atoms with Crippen LogP contribution in [0.4, 0.5) is 0 Å². The Morgan fingerprint density at radius 2 is 2.00 bits per heavy atom. The smallest absolute Gasteiger partial charge is 0.0867 e. The third-order valence-electron chi connectivity index (χ3n) is 3.41. The van der Waals surface area contributed by atoms with E-state index in [4.69, 9.17) is 0 Å². The Kier molecular flexibility index (Phi) is 2.63. The lowest BCUT2D eigenvalue weighted by Gasteiger charge is -2.04. The predicted octanol–water partition coefficient (Wildman–Crippen LogP) is 4.10. The zero-order valence-electron chi connectivity index (χ0n) is 10.7. The van der Waals surface area contributed by atoms with Crippen LogP contribution in [-0.4, -0.2) is 9.97 Å². The molecule has 0 bridgehead atoms. The fourth-order valence-electron chi connectivity index (χ4n) is 2.31. The number of para-hydroxylation sites is 1. The third kappa shape index (κ3) is 1.80. The maximum atomic E-state index is 4.54.